The average molecular weight is 279 g/mol. The van der Waals surface area contributed by atoms with Gasteiger partial charge in [0.25, 0.3) is 5.91 Å². The molecular weight excluding hydrogens is 258 g/mol. The van der Waals surface area contributed by atoms with Crippen LogP contribution in [-0.2, 0) is 0 Å². The topological polar surface area (TPSA) is 70.8 Å². The van der Waals surface area contributed by atoms with Gasteiger partial charge in [-0.3, -0.25) is 4.79 Å². The second-order valence-electron chi connectivity index (χ2n) is 5.77. The molecule has 2 rings (SSSR count). The average Bonchev–Trinajstić information content (AvgIpc) is 3.04. The van der Waals surface area contributed by atoms with Crippen LogP contribution in [0.2, 0.25) is 0 Å². The van der Waals surface area contributed by atoms with Gasteiger partial charge in [-0.1, -0.05) is 13.8 Å². The molecule has 1 aromatic heterocycles. The Morgan fingerprint density at radius 3 is 2.85 bits per heavy atom. The van der Waals surface area contributed by atoms with Crippen LogP contribution >= 0.6 is 0 Å². The first-order chi connectivity index (χ1) is 9.49. The molecule has 5 nitrogen and oxygen atoms in total. The number of carboxylic acid groups (broad SMARTS) is 1. The minimum absolute atomic E-state index is 0.0197. The Labute approximate surface area is 118 Å². The molecule has 0 bridgehead atoms. The van der Waals surface area contributed by atoms with Crippen LogP contribution in [0.3, 0.4) is 0 Å². The highest BCUT2D eigenvalue weighted by atomic mass is 16.4. The van der Waals surface area contributed by atoms with Gasteiger partial charge in [0.05, 0.1) is 5.56 Å². The van der Waals surface area contributed by atoms with Gasteiger partial charge in [-0.15, -0.1) is 0 Å². The summed E-state index contributed by atoms with van der Waals surface area (Å²) in [4.78, 5) is 25.0. The van der Waals surface area contributed by atoms with Crippen LogP contribution in [0.4, 0.5) is 0 Å². The second-order valence-corrected chi connectivity index (χ2v) is 5.77. The number of nitrogens with zero attached hydrogens (tertiary/aromatic N) is 1. The van der Waals surface area contributed by atoms with Crippen LogP contribution in [0, 0.1) is 5.92 Å². The smallest absolute Gasteiger partial charge is 0.338 e. The molecule has 20 heavy (non-hydrogen) atoms. The molecule has 1 amide bonds. The number of aromatic carboxylic acids is 1. The number of carbonyl (C=O) groups excluding carboxylic acids is 1. The molecule has 1 N–H and O–H groups in total. The third-order valence-electron chi connectivity index (χ3n) is 3.77. The van der Waals surface area contributed by atoms with Gasteiger partial charge in [0, 0.05) is 18.7 Å². The van der Waals surface area contributed by atoms with Crippen LogP contribution in [0.15, 0.2) is 16.7 Å². The first kappa shape index (κ1) is 14.6. The van der Waals surface area contributed by atoms with Crippen molar-refractivity contribution in [2.45, 2.75) is 45.6 Å². The Balaban J connectivity index is 2.04. The van der Waals surface area contributed by atoms with E-state index < -0.39 is 5.97 Å². The summed E-state index contributed by atoms with van der Waals surface area (Å²) in [7, 11) is 0. The van der Waals surface area contributed by atoms with E-state index >= 15 is 0 Å². The standard InChI is InChI=1S/C15H21NO4/c1-10(2)5-6-12-4-3-7-16(12)14(17)13-8-11(9-20-13)15(18)19/h8-10,12H,3-7H2,1-2H3,(H,18,19). The predicted octanol–water partition coefficient (Wildman–Crippen LogP) is 3.02. The van der Waals surface area contributed by atoms with Crippen molar-refractivity contribution in [2.75, 3.05) is 6.54 Å². The largest absolute Gasteiger partial charge is 0.478 e. The lowest BCUT2D eigenvalue weighted by Gasteiger charge is -2.24. The van der Waals surface area contributed by atoms with Gasteiger partial charge in [0.2, 0.25) is 0 Å². The van der Waals surface area contributed by atoms with E-state index in [1.54, 1.807) is 0 Å². The Bertz CT molecular complexity index is 492. The van der Waals surface area contributed by atoms with Crippen molar-refractivity contribution in [1.82, 2.24) is 4.90 Å². The lowest BCUT2D eigenvalue weighted by Crippen LogP contribution is -2.35. The molecule has 2 heterocycles. The maximum absolute atomic E-state index is 12.4. The molecule has 1 atom stereocenters. The number of amides is 1. The molecular formula is C15H21NO4. The fraction of sp³-hybridized carbons (Fsp3) is 0.600. The highest BCUT2D eigenvalue weighted by Gasteiger charge is 2.31. The fourth-order valence-corrected chi connectivity index (χ4v) is 2.63. The van der Waals surface area contributed by atoms with E-state index in [1.165, 1.54) is 6.07 Å². The van der Waals surface area contributed by atoms with E-state index in [4.69, 9.17) is 9.52 Å². The van der Waals surface area contributed by atoms with Gasteiger partial charge in [-0.05, 0) is 31.6 Å². The third-order valence-corrected chi connectivity index (χ3v) is 3.77. The maximum atomic E-state index is 12.4. The summed E-state index contributed by atoms with van der Waals surface area (Å²) in [5, 5.41) is 8.86. The number of carboxylic acids is 1. The number of hydrogen-bond donors (Lipinski definition) is 1. The molecule has 0 aromatic carbocycles. The van der Waals surface area contributed by atoms with Crippen molar-refractivity contribution in [3.63, 3.8) is 0 Å². The summed E-state index contributed by atoms with van der Waals surface area (Å²) in [5.74, 6) is -0.525. The van der Waals surface area contributed by atoms with E-state index in [1.807, 2.05) is 4.90 Å². The number of carbonyl (C=O) groups is 2. The quantitative estimate of drug-likeness (QED) is 0.899. The van der Waals surface area contributed by atoms with Crippen LogP contribution in [-0.4, -0.2) is 34.5 Å². The lowest BCUT2D eigenvalue weighted by atomic mass is 10.0. The molecule has 0 saturated carbocycles. The normalized spacial score (nSPS) is 18.8. The van der Waals surface area contributed by atoms with E-state index in [-0.39, 0.29) is 23.3 Å². The van der Waals surface area contributed by atoms with Gasteiger partial charge in [-0.2, -0.15) is 0 Å². The Morgan fingerprint density at radius 2 is 2.25 bits per heavy atom. The SMILES string of the molecule is CC(C)CCC1CCCN1C(=O)c1cc(C(=O)O)co1. The van der Waals surface area contributed by atoms with Crippen molar-refractivity contribution in [3.8, 4) is 0 Å². The summed E-state index contributed by atoms with van der Waals surface area (Å²) in [5.41, 5.74) is 0.0197. The van der Waals surface area contributed by atoms with E-state index in [2.05, 4.69) is 13.8 Å². The molecule has 0 radical (unpaired) electrons. The first-order valence-electron chi connectivity index (χ1n) is 7.12. The number of furan rings is 1. The molecule has 1 aliphatic heterocycles. The van der Waals surface area contributed by atoms with Gasteiger partial charge in [0.15, 0.2) is 5.76 Å². The summed E-state index contributed by atoms with van der Waals surface area (Å²) >= 11 is 0. The summed E-state index contributed by atoms with van der Waals surface area (Å²) < 4.78 is 5.10. The summed E-state index contributed by atoms with van der Waals surface area (Å²) in [6.07, 6.45) is 5.23. The van der Waals surface area contributed by atoms with E-state index in [0.717, 1.165) is 38.5 Å². The number of rotatable bonds is 5. The Kier molecular flexibility index (Phi) is 4.47. The lowest BCUT2D eigenvalue weighted by molar-refractivity contribution is 0.0686. The number of hydrogen-bond acceptors (Lipinski definition) is 3. The monoisotopic (exact) mass is 279 g/mol. The molecule has 1 aliphatic rings. The van der Waals surface area contributed by atoms with Crippen LogP contribution in [0.1, 0.15) is 60.4 Å². The van der Waals surface area contributed by atoms with Gasteiger partial charge >= 0.3 is 5.97 Å². The van der Waals surface area contributed by atoms with Crippen LogP contribution < -0.4 is 0 Å². The molecule has 5 heteroatoms. The molecule has 0 spiro atoms. The minimum atomic E-state index is -1.08. The highest BCUT2D eigenvalue weighted by Crippen LogP contribution is 2.25. The predicted molar refractivity (Wildman–Crippen MR) is 73.8 cm³/mol. The van der Waals surface area contributed by atoms with Crippen molar-refractivity contribution in [3.05, 3.63) is 23.7 Å². The van der Waals surface area contributed by atoms with Crippen molar-refractivity contribution in [1.29, 1.82) is 0 Å². The zero-order valence-electron chi connectivity index (χ0n) is 12.0. The van der Waals surface area contributed by atoms with E-state index in [9.17, 15) is 9.59 Å². The van der Waals surface area contributed by atoms with Crippen molar-refractivity contribution < 1.29 is 19.1 Å². The molecule has 1 saturated heterocycles. The minimum Gasteiger partial charge on any atom is -0.478 e. The summed E-state index contributed by atoms with van der Waals surface area (Å²) in [6, 6.07) is 1.56. The Morgan fingerprint density at radius 1 is 1.50 bits per heavy atom. The molecule has 0 aliphatic carbocycles. The second kappa shape index (κ2) is 6.11. The molecule has 1 fully saturated rings. The summed E-state index contributed by atoms with van der Waals surface area (Å²) in [6.45, 7) is 5.07. The van der Waals surface area contributed by atoms with Crippen molar-refractivity contribution >= 4 is 11.9 Å². The molecule has 1 aromatic rings. The maximum Gasteiger partial charge on any atom is 0.338 e. The molecule has 1 unspecified atom stereocenters. The van der Waals surface area contributed by atoms with Crippen molar-refractivity contribution in [2.24, 2.45) is 5.92 Å². The Hall–Kier alpha value is -1.78. The number of likely N-dealkylation sites (tertiary alicyclic amines) is 1. The van der Waals surface area contributed by atoms with Crippen LogP contribution in [0.5, 0.6) is 0 Å². The zero-order chi connectivity index (χ0) is 14.7. The van der Waals surface area contributed by atoms with Gasteiger partial charge in [0.1, 0.15) is 6.26 Å². The van der Waals surface area contributed by atoms with Gasteiger partial charge < -0.3 is 14.4 Å². The fourth-order valence-electron chi connectivity index (χ4n) is 2.63. The zero-order valence-corrected chi connectivity index (χ0v) is 12.0. The third kappa shape index (κ3) is 3.21. The molecule has 110 valence electrons. The van der Waals surface area contributed by atoms with E-state index in [0.29, 0.717) is 5.92 Å². The van der Waals surface area contributed by atoms with Crippen LogP contribution in [0.25, 0.3) is 0 Å². The highest BCUT2D eigenvalue weighted by molar-refractivity contribution is 5.95. The van der Waals surface area contributed by atoms with Gasteiger partial charge in [-0.25, -0.2) is 4.79 Å². The first-order valence-corrected chi connectivity index (χ1v) is 7.12.